The van der Waals surface area contributed by atoms with E-state index in [9.17, 15) is 22.8 Å². The summed E-state index contributed by atoms with van der Waals surface area (Å²) in [5.74, 6) is -0.310. The molecule has 1 saturated carbocycles. The van der Waals surface area contributed by atoms with Gasteiger partial charge in [-0.05, 0) is 31.0 Å². The number of halogens is 3. The van der Waals surface area contributed by atoms with Crippen LogP contribution in [-0.4, -0.2) is 67.9 Å². The molecule has 9 nitrogen and oxygen atoms in total. The van der Waals surface area contributed by atoms with Crippen LogP contribution in [0.5, 0.6) is 0 Å². The quantitative estimate of drug-likeness (QED) is 0.626. The third-order valence-corrected chi connectivity index (χ3v) is 6.42. The number of hydrogen-bond acceptors (Lipinski definition) is 5. The van der Waals surface area contributed by atoms with E-state index in [1.54, 1.807) is 24.2 Å². The molecule has 3 aromatic heterocycles. The average Bonchev–Trinajstić information content (AvgIpc) is 3.20. The van der Waals surface area contributed by atoms with Gasteiger partial charge in [0.25, 0.3) is 5.91 Å². The number of likely N-dealkylation sites (tertiary alicyclic amines) is 1. The van der Waals surface area contributed by atoms with Crippen LogP contribution >= 0.6 is 0 Å². The Morgan fingerprint density at radius 1 is 1.21 bits per heavy atom. The van der Waals surface area contributed by atoms with Gasteiger partial charge in [0.15, 0.2) is 0 Å². The number of aromatic nitrogens is 4. The Balaban J connectivity index is 1.15. The van der Waals surface area contributed by atoms with E-state index in [0.29, 0.717) is 42.7 Å². The number of carbonyl (C=O) groups excluding carboxylic acids is 2. The molecule has 1 aliphatic heterocycles. The molecule has 0 radical (unpaired) electrons. The molecule has 0 aromatic carbocycles. The predicted octanol–water partition coefficient (Wildman–Crippen LogP) is 3.14. The summed E-state index contributed by atoms with van der Waals surface area (Å²) >= 11 is 0. The fourth-order valence-electron chi connectivity index (χ4n) is 4.61. The van der Waals surface area contributed by atoms with E-state index in [1.165, 1.54) is 11.2 Å². The Hall–Kier alpha value is -3.70. The molecule has 4 heterocycles. The van der Waals surface area contributed by atoms with Crippen LogP contribution in [0.1, 0.15) is 28.9 Å². The summed E-state index contributed by atoms with van der Waals surface area (Å²) in [5.41, 5.74) is 0.0401. The van der Waals surface area contributed by atoms with E-state index in [-0.39, 0.29) is 23.2 Å². The standard InChI is InChI=1S/C21H20F3N7O2/c1-30(19(33)29-15-6-12(2-4-25-15)21(22,23)24)13-7-20(8-13)9-31(10-20)18(32)16-14-3-5-26-17(14)28-11-27-16/h2-6,11,13H,7-10H2,1H3,(H,25,29,33)(H,26,27,28). The van der Waals surface area contributed by atoms with E-state index < -0.39 is 17.8 Å². The van der Waals surface area contributed by atoms with Crippen LogP contribution in [0, 0.1) is 5.41 Å². The number of pyridine rings is 1. The molecule has 0 atom stereocenters. The topological polar surface area (TPSA) is 107 Å². The number of amides is 3. The number of hydrogen-bond donors (Lipinski definition) is 2. The molecule has 2 aliphatic rings. The molecule has 172 valence electrons. The van der Waals surface area contributed by atoms with E-state index in [0.717, 1.165) is 18.3 Å². The summed E-state index contributed by atoms with van der Waals surface area (Å²) in [6.45, 7) is 1.14. The summed E-state index contributed by atoms with van der Waals surface area (Å²) in [6.07, 6.45) is 0.977. The van der Waals surface area contributed by atoms with Gasteiger partial charge < -0.3 is 14.8 Å². The van der Waals surface area contributed by atoms with Gasteiger partial charge in [-0.2, -0.15) is 13.2 Å². The second kappa shape index (κ2) is 7.42. The molecule has 1 spiro atoms. The molecule has 3 amide bonds. The largest absolute Gasteiger partial charge is 0.416 e. The summed E-state index contributed by atoms with van der Waals surface area (Å²) in [7, 11) is 1.60. The Morgan fingerprint density at radius 2 is 1.97 bits per heavy atom. The molecule has 0 bridgehead atoms. The molecule has 1 saturated heterocycles. The van der Waals surface area contributed by atoms with Gasteiger partial charge in [0, 0.05) is 44.0 Å². The van der Waals surface area contributed by atoms with Crippen molar-refractivity contribution in [1.29, 1.82) is 0 Å². The lowest BCUT2D eigenvalue weighted by Gasteiger charge is -2.60. The number of nitrogens with one attached hydrogen (secondary N) is 2. The third-order valence-electron chi connectivity index (χ3n) is 6.42. The molecule has 2 N–H and O–H groups in total. The maximum absolute atomic E-state index is 12.9. The SMILES string of the molecule is CN(C(=O)Nc1cc(C(F)(F)F)ccn1)C1CC2(C1)CN(C(=O)c1ncnc3[nH]ccc13)C2. The van der Waals surface area contributed by atoms with Crippen LogP contribution in [0.15, 0.2) is 36.9 Å². The smallest absolute Gasteiger partial charge is 0.346 e. The van der Waals surface area contributed by atoms with E-state index in [2.05, 4.69) is 25.3 Å². The van der Waals surface area contributed by atoms with Gasteiger partial charge in [0.2, 0.25) is 0 Å². The highest BCUT2D eigenvalue weighted by molar-refractivity contribution is 6.04. The molecular formula is C21H20F3N7O2. The molecule has 3 aromatic rings. The summed E-state index contributed by atoms with van der Waals surface area (Å²) in [5, 5.41) is 3.10. The second-order valence-electron chi connectivity index (χ2n) is 8.65. The Labute approximate surface area is 186 Å². The highest BCUT2D eigenvalue weighted by Crippen LogP contribution is 2.50. The minimum Gasteiger partial charge on any atom is -0.346 e. The van der Waals surface area contributed by atoms with Gasteiger partial charge in [0.05, 0.1) is 10.9 Å². The van der Waals surface area contributed by atoms with Gasteiger partial charge in [0.1, 0.15) is 23.5 Å². The van der Waals surface area contributed by atoms with Crippen molar-refractivity contribution >= 4 is 28.8 Å². The molecule has 12 heteroatoms. The van der Waals surface area contributed by atoms with Crippen LogP contribution in [0.2, 0.25) is 0 Å². The fourth-order valence-corrected chi connectivity index (χ4v) is 4.61. The minimum atomic E-state index is -4.51. The van der Waals surface area contributed by atoms with E-state index in [1.807, 2.05) is 0 Å². The van der Waals surface area contributed by atoms with Gasteiger partial charge in [-0.15, -0.1) is 0 Å². The molecule has 1 aliphatic carbocycles. The zero-order valence-electron chi connectivity index (χ0n) is 17.6. The zero-order chi connectivity index (χ0) is 23.4. The minimum absolute atomic E-state index is 0.0480. The van der Waals surface area contributed by atoms with E-state index in [4.69, 9.17) is 0 Å². The number of fused-ring (bicyclic) bond motifs is 1. The maximum Gasteiger partial charge on any atom is 0.416 e. The van der Waals surface area contributed by atoms with Gasteiger partial charge in [-0.3, -0.25) is 10.1 Å². The van der Waals surface area contributed by atoms with Crippen LogP contribution in [0.3, 0.4) is 0 Å². The van der Waals surface area contributed by atoms with Crippen LogP contribution < -0.4 is 5.32 Å². The van der Waals surface area contributed by atoms with Gasteiger partial charge >= 0.3 is 12.2 Å². The number of nitrogens with zero attached hydrogens (tertiary/aromatic N) is 5. The van der Waals surface area contributed by atoms with Crippen molar-refractivity contribution in [2.24, 2.45) is 5.41 Å². The molecule has 2 fully saturated rings. The first-order chi connectivity index (χ1) is 15.7. The molecule has 33 heavy (non-hydrogen) atoms. The first kappa shape index (κ1) is 21.2. The molecule has 5 rings (SSSR count). The molecule has 0 unspecified atom stereocenters. The third kappa shape index (κ3) is 3.74. The second-order valence-corrected chi connectivity index (χ2v) is 8.65. The highest BCUT2D eigenvalue weighted by Gasteiger charge is 2.55. The number of urea groups is 1. The average molecular weight is 459 g/mol. The Kier molecular flexibility index (Phi) is 4.76. The van der Waals surface area contributed by atoms with Crippen LogP contribution in [-0.2, 0) is 6.18 Å². The summed E-state index contributed by atoms with van der Waals surface area (Å²) in [6, 6.07) is 2.83. The predicted molar refractivity (Wildman–Crippen MR) is 111 cm³/mol. The highest BCUT2D eigenvalue weighted by atomic mass is 19.4. The van der Waals surface area contributed by atoms with Gasteiger partial charge in [-0.25, -0.2) is 19.7 Å². The van der Waals surface area contributed by atoms with Crippen molar-refractivity contribution in [3.8, 4) is 0 Å². The van der Waals surface area contributed by atoms with Crippen molar-refractivity contribution in [2.45, 2.75) is 25.1 Å². The fraction of sp³-hybridized carbons (Fsp3) is 0.381. The Bertz CT molecular complexity index is 1230. The van der Waals surface area contributed by atoms with Crippen molar-refractivity contribution < 1.29 is 22.8 Å². The first-order valence-corrected chi connectivity index (χ1v) is 10.3. The van der Waals surface area contributed by atoms with Crippen molar-refractivity contribution in [2.75, 3.05) is 25.5 Å². The number of H-pyrrole nitrogens is 1. The molecular weight excluding hydrogens is 439 g/mol. The van der Waals surface area contributed by atoms with Gasteiger partial charge in [-0.1, -0.05) is 0 Å². The van der Waals surface area contributed by atoms with Crippen LogP contribution in [0.25, 0.3) is 11.0 Å². The zero-order valence-corrected chi connectivity index (χ0v) is 17.6. The Morgan fingerprint density at radius 3 is 2.70 bits per heavy atom. The van der Waals surface area contributed by atoms with Crippen LogP contribution in [0.4, 0.5) is 23.8 Å². The van der Waals surface area contributed by atoms with Crippen molar-refractivity contribution in [3.05, 3.63) is 48.2 Å². The lowest BCUT2D eigenvalue weighted by molar-refractivity contribution is -0.137. The summed E-state index contributed by atoms with van der Waals surface area (Å²) in [4.78, 5) is 43.5. The number of rotatable bonds is 3. The summed E-state index contributed by atoms with van der Waals surface area (Å²) < 4.78 is 38.6. The lowest BCUT2D eigenvalue weighted by atomic mass is 9.60. The number of anilines is 1. The normalized spacial score (nSPS) is 17.5. The first-order valence-electron chi connectivity index (χ1n) is 10.3. The van der Waals surface area contributed by atoms with Crippen molar-refractivity contribution in [3.63, 3.8) is 0 Å². The maximum atomic E-state index is 12.9. The number of alkyl halides is 3. The van der Waals surface area contributed by atoms with Crippen molar-refractivity contribution in [1.82, 2.24) is 29.7 Å². The lowest BCUT2D eigenvalue weighted by Crippen LogP contribution is -2.67. The monoisotopic (exact) mass is 459 g/mol. The number of aromatic amines is 1. The number of carbonyl (C=O) groups is 2. The van der Waals surface area contributed by atoms with E-state index >= 15 is 0 Å².